The van der Waals surface area contributed by atoms with Crippen LogP contribution >= 0.6 is 0 Å². The molecule has 1 aromatic heterocycles. The highest BCUT2D eigenvalue weighted by Gasteiger charge is 2.20. The van der Waals surface area contributed by atoms with E-state index in [4.69, 9.17) is 4.74 Å². The number of H-pyrrole nitrogens is 1. The van der Waals surface area contributed by atoms with Gasteiger partial charge < -0.3 is 14.6 Å². The molecule has 4 nitrogen and oxygen atoms in total. The van der Waals surface area contributed by atoms with Crippen LogP contribution in [0, 0.1) is 12.8 Å². The summed E-state index contributed by atoms with van der Waals surface area (Å²) in [5, 5.41) is 0. The van der Waals surface area contributed by atoms with Gasteiger partial charge in [0.2, 0.25) is 0 Å². The number of aromatic nitrogens is 2. The lowest BCUT2D eigenvalue weighted by molar-refractivity contribution is 0.130. The number of benzene rings is 1. The van der Waals surface area contributed by atoms with Crippen LogP contribution in [0.15, 0.2) is 36.7 Å². The third-order valence-electron chi connectivity index (χ3n) is 4.39. The topological polar surface area (TPSA) is 41.1 Å². The Morgan fingerprint density at radius 1 is 1.36 bits per heavy atom. The first kappa shape index (κ1) is 15.1. The summed E-state index contributed by atoms with van der Waals surface area (Å²) in [5.41, 5.74) is 1.22. The summed E-state index contributed by atoms with van der Waals surface area (Å²) in [6.07, 6.45) is 7.25. The third kappa shape index (κ3) is 4.10. The van der Waals surface area contributed by atoms with Gasteiger partial charge in [0.1, 0.15) is 11.6 Å². The number of ether oxygens (including phenoxy) is 1. The van der Waals surface area contributed by atoms with Crippen molar-refractivity contribution < 1.29 is 4.74 Å². The van der Waals surface area contributed by atoms with Crippen LogP contribution < -0.4 is 4.74 Å². The third-order valence-corrected chi connectivity index (χ3v) is 4.39. The monoisotopic (exact) mass is 299 g/mol. The fourth-order valence-electron chi connectivity index (χ4n) is 3.12. The van der Waals surface area contributed by atoms with Crippen molar-refractivity contribution in [1.29, 1.82) is 0 Å². The van der Waals surface area contributed by atoms with E-state index in [0.717, 1.165) is 37.7 Å². The Hall–Kier alpha value is -1.81. The number of aryl methyl sites for hydroxylation is 1. The highest BCUT2D eigenvalue weighted by atomic mass is 16.5. The summed E-state index contributed by atoms with van der Waals surface area (Å²) in [6.45, 7) is 6.33. The second-order valence-electron chi connectivity index (χ2n) is 6.17. The van der Waals surface area contributed by atoms with Gasteiger partial charge in [0.15, 0.2) is 0 Å². The van der Waals surface area contributed by atoms with E-state index in [9.17, 15) is 0 Å². The van der Waals surface area contributed by atoms with Crippen LogP contribution in [0.3, 0.4) is 0 Å². The van der Waals surface area contributed by atoms with Crippen molar-refractivity contribution in [3.63, 3.8) is 0 Å². The molecule has 2 aromatic rings. The molecule has 3 rings (SSSR count). The molecule has 118 valence electrons. The van der Waals surface area contributed by atoms with E-state index in [0.29, 0.717) is 5.92 Å². The number of piperidine rings is 1. The average Bonchev–Trinajstić information content (AvgIpc) is 3.06. The van der Waals surface area contributed by atoms with Gasteiger partial charge in [-0.05, 0) is 37.9 Å². The normalized spacial score (nSPS) is 19.2. The van der Waals surface area contributed by atoms with Crippen molar-refractivity contribution in [3.8, 4) is 5.75 Å². The van der Waals surface area contributed by atoms with E-state index < -0.39 is 0 Å². The van der Waals surface area contributed by atoms with Gasteiger partial charge >= 0.3 is 0 Å². The zero-order valence-corrected chi connectivity index (χ0v) is 13.3. The highest BCUT2D eigenvalue weighted by Crippen LogP contribution is 2.21. The number of aromatic amines is 1. The molecule has 0 spiro atoms. The first-order valence-corrected chi connectivity index (χ1v) is 8.20. The first-order valence-electron chi connectivity index (χ1n) is 8.20. The molecule has 1 aliphatic heterocycles. The molecule has 0 saturated carbocycles. The summed E-state index contributed by atoms with van der Waals surface area (Å²) < 4.78 is 6.03. The maximum Gasteiger partial charge on any atom is 0.122 e. The fourth-order valence-corrected chi connectivity index (χ4v) is 3.12. The van der Waals surface area contributed by atoms with Gasteiger partial charge in [-0.3, -0.25) is 0 Å². The summed E-state index contributed by atoms with van der Waals surface area (Å²) in [4.78, 5) is 10.0. The lowest BCUT2D eigenvalue weighted by Crippen LogP contribution is -2.38. The number of rotatable bonds is 6. The zero-order chi connectivity index (χ0) is 15.2. The Bertz CT molecular complexity index is 567. The van der Waals surface area contributed by atoms with Crippen LogP contribution in [0.25, 0.3) is 0 Å². The highest BCUT2D eigenvalue weighted by molar-refractivity contribution is 5.31. The fraction of sp³-hybridized carbons (Fsp3) is 0.500. The summed E-state index contributed by atoms with van der Waals surface area (Å²) >= 11 is 0. The largest absolute Gasteiger partial charge is 0.493 e. The number of hydrogen-bond acceptors (Lipinski definition) is 3. The summed E-state index contributed by atoms with van der Waals surface area (Å²) in [5.74, 6) is 2.73. The number of para-hydroxylation sites is 1. The van der Waals surface area contributed by atoms with E-state index in [1.54, 1.807) is 0 Å². The van der Waals surface area contributed by atoms with Crippen LogP contribution in [0.1, 0.15) is 24.2 Å². The summed E-state index contributed by atoms with van der Waals surface area (Å²) in [7, 11) is 0. The van der Waals surface area contributed by atoms with E-state index >= 15 is 0 Å². The van der Waals surface area contributed by atoms with Crippen molar-refractivity contribution >= 4 is 0 Å². The van der Waals surface area contributed by atoms with Crippen LogP contribution in [-0.4, -0.2) is 41.1 Å². The lowest BCUT2D eigenvalue weighted by Gasteiger charge is -2.32. The zero-order valence-electron chi connectivity index (χ0n) is 13.3. The van der Waals surface area contributed by atoms with E-state index in [2.05, 4.69) is 40.0 Å². The van der Waals surface area contributed by atoms with Gasteiger partial charge in [-0.15, -0.1) is 0 Å². The Kier molecular flexibility index (Phi) is 5.11. The molecular formula is C18H25N3O. The smallest absolute Gasteiger partial charge is 0.122 e. The Labute approximate surface area is 132 Å². The van der Waals surface area contributed by atoms with Gasteiger partial charge in [-0.2, -0.15) is 0 Å². The van der Waals surface area contributed by atoms with Gasteiger partial charge in [0.05, 0.1) is 6.61 Å². The molecule has 4 heteroatoms. The van der Waals surface area contributed by atoms with Crippen LogP contribution in [0.2, 0.25) is 0 Å². The Morgan fingerprint density at radius 3 is 3.09 bits per heavy atom. The van der Waals surface area contributed by atoms with Gasteiger partial charge in [0, 0.05) is 37.8 Å². The molecule has 1 unspecified atom stereocenters. The minimum atomic E-state index is 0.630. The quantitative estimate of drug-likeness (QED) is 0.891. The number of imidazole rings is 1. The molecule has 1 aromatic carbocycles. The molecule has 0 aliphatic carbocycles. The molecule has 1 atom stereocenters. The Balaban J connectivity index is 1.45. The van der Waals surface area contributed by atoms with Crippen LogP contribution in [0.4, 0.5) is 0 Å². The van der Waals surface area contributed by atoms with Crippen molar-refractivity contribution in [2.75, 3.05) is 26.2 Å². The van der Waals surface area contributed by atoms with Crippen molar-refractivity contribution in [2.24, 2.45) is 5.92 Å². The van der Waals surface area contributed by atoms with E-state index in [1.807, 2.05) is 18.5 Å². The van der Waals surface area contributed by atoms with Crippen molar-refractivity contribution in [1.82, 2.24) is 14.9 Å². The number of nitrogens with zero attached hydrogens (tertiary/aromatic N) is 2. The molecule has 0 bridgehead atoms. The maximum atomic E-state index is 6.03. The minimum Gasteiger partial charge on any atom is -0.493 e. The first-order chi connectivity index (χ1) is 10.8. The second kappa shape index (κ2) is 7.45. The minimum absolute atomic E-state index is 0.630. The molecule has 1 fully saturated rings. The molecule has 1 saturated heterocycles. The standard InChI is InChI=1S/C18H25N3O/c1-15-5-2-3-7-17(15)22-14-16-6-4-11-21(13-16)12-8-18-19-9-10-20-18/h2-3,5,7,9-10,16H,4,6,8,11-14H2,1H3,(H,19,20). The van der Waals surface area contributed by atoms with Crippen molar-refractivity contribution in [2.45, 2.75) is 26.2 Å². The predicted molar refractivity (Wildman–Crippen MR) is 88.1 cm³/mol. The molecular weight excluding hydrogens is 274 g/mol. The molecule has 1 aliphatic rings. The van der Waals surface area contributed by atoms with E-state index in [1.165, 1.54) is 24.9 Å². The van der Waals surface area contributed by atoms with Crippen LogP contribution in [-0.2, 0) is 6.42 Å². The van der Waals surface area contributed by atoms with Gasteiger partial charge in [0.25, 0.3) is 0 Å². The van der Waals surface area contributed by atoms with E-state index in [-0.39, 0.29) is 0 Å². The Morgan fingerprint density at radius 2 is 2.27 bits per heavy atom. The molecule has 1 N–H and O–H groups in total. The molecule has 0 amide bonds. The SMILES string of the molecule is Cc1ccccc1OCC1CCCN(CCc2ncc[nH]2)C1. The maximum absolute atomic E-state index is 6.03. The lowest BCUT2D eigenvalue weighted by atomic mass is 9.99. The average molecular weight is 299 g/mol. The molecule has 2 heterocycles. The predicted octanol–water partition coefficient (Wildman–Crippen LogP) is 3.05. The van der Waals surface area contributed by atoms with Gasteiger partial charge in [-0.1, -0.05) is 18.2 Å². The molecule has 0 radical (unpaired) electrons. The molecule has 22 heavy (non-hydrogen) atoms. The second-order valence-corrected chi connectivity index (χ2v) is 6.17. The number of hydrogen-bond donors (Lipinski definition) is 1. The number of nitrogens with one attached hydrogen (secondary N) is 1. The van der Waals surface area contributed by atoms with Crippen LogP contribution in [0.5, 0.6) is 5.75 Å². The van der Waals surface area contributed by atoms with Crippen molar-refractivity contribution in [3.05, 3.63) is 48.0 Å². The number of likely N-dealkylation sites (tertiary alicyclic amines) is 1. The van der Waals surface area contributed by atoms with Gasteiger partial charge in [-0.25, -0.2) is 4.98 Å². The summed E-state index contributed by atoms with van der Waals surface area (Å²) in [6, 6.07) is 8.26.